The first-order chi connectivity index (χ1) is 34.0. The Morgan fingerprint density at radius 3 is 0.884 bits per heavy atom. The maximum atomic E-state index is 12.9. The number of hydrogen-bond donors (Lipinski definition) is 0. The molecule has 0 amide bonds. The van der Waals surface area contributed by atoms with E-state index < -0.39 is 6.10 Å². The lowest BCUT2D eigenvalue weighted by Gasteiger charge is -2.18. The molecule has 0 saturated carbocycles. The Morgan fingerprint density at radius 2 is 0.565 bits per heavy atom. The fourth-order valence-corrected chi connectivity index (χ4v) is 8.55. The van der Waals surface area contributed by atoms with Gasteiger partial charge in [0.05, 0.1) is 0 Å². The number of carbonyl (C=O) groups is 3. The maximum Gasteiger partial charge on any atom is 0.306 e. The molecule has 0 aromatic rings. The maximum absolute atomic E-state index is 12.9. The summed E-state index contributed by atoms with van der Waals surface area (Å²) in [4.78, 5) is 38.1. The van der Waals surface area contributed by atoms with Crippen LogP contribution in [0.5, 0.6) is 0 Å². The molecule has 6 heteroatoms. The summed E-state index contributed by atoms with van der Waals surface area (Å²) < 4.78 is 16.9. The van der Waals surface area contributed by atoms with Crippen LogP contribution in [0, 0.1) is 0 Å². The number of rotatable bonds is 54. The van der Waals surface area contributed by atoms with Gasteiger partial charge in [0.25, 0.3) is 0 Å². The molecule has 0 spiro atoms. The van der Waals surface area contributed by atoms with Gasteiger partial charge in [0, 0.05) is 19.3 Å². The van der Waals surface area contributed by atoms with E-state index in [4.69, 9.17) is 14.2 Å². The molecule has 0 heterocycles. The molecule has 400 valence electrons. The molecule has 0 aliphatic carbocycles. The highest BCUT2D eigenvalue weighted by atomic mass is 16.6. The van der Waals surface area contributed by atoms with Crippen molar-refractivity contribution < 1.29 is 28.6 Å². The molecule has 6 nitrogen and oxygen atoms in total. The van der Waals surface area contributed by atoms with E-state index in [0.717, 1.165) is 89.9 Å². The molecular weight excluding hydrogens is 853 g/mol. The van der Waals surface area contributed by atoms with E-state index in [1.54, 1.807) is 0 Å². The second kappa shape index (κ2) is 57.7. The van der Waals surface area contributed by atoms with E-state index in [1.165, 1.54) is 173 Å². The highest BCUT2D eigenvalue weighted by Crippen LogP contribution is 2.16. The molecule has 0 N–H and O–H groups in total. The van der Waals surface area contributed by atoms with E-state index in [2.05, 4.69) is 81.5 Å². The standard InChI is InChI=1S/C63H112O6/c1-4-7-10-13-16-19-22-24-26-28-29-30-31-32-33-35-36-38-41-44-47-50-53-56-62(65)68-59-60(58-67-61(64)55-52-49-46-43-40-21-18-15-12-9-6-3)69-63(66)57-54-51-48-45-42-39-37-34-27-25-23-20-17-14-11-8-5-2/h8,11,17,20,22,24-25,27-29,60H,4-7,9-10,12-16,18-19,21,23,26,30-59H2,1-3H3/b11-8-,20-17-,24-22-,27-25-,29-28-. The van der Waals surface area contributed by atoms with Crippen LogP contribution in [0.2, 0.25) is 0 Å². The van der Waals surface area contributed by atoms with Gasteiger partial charge in [-0.15, -0.1) is 0 Å². The van der Waals surface area contributed by atoms with Crippen molar-refractivity contribution in [1.29, 1.82) is 0 Å². The summed E-state index contributed by atoms with van der Waals surface area (Å²) in [5, 5.41) is 0. The van der Waals surface area contributed by atoms with Crippen LogP contribution in [0.1, 0.15) is 303 Å². The zero-order valence-corrected chi connectivity index (χ0v) is 45.8. The van der Waals surface area contributed by atoms with Crippen molar-refractivity contribution in [3.63, 3.8) is 0 Å². The summed E-state index contributed by atoms with van der Waals surface area (Å²) in [6.07, 6.45) is 72.2. The molecule has 0 radical (unpaired) electrons. The van der Waals surface area contributed by atoms with Gasteiger partial charge in [-0.3, -0.25) is 14.4 Å². The summed E-state index contributed by atoms with van der Waals surface area (Å²) in [6.45, 7) is 6.53. The molecule has 0 aromatic heterocycles. The van der Waals surface area contributed by atoms with Crippen molar-refractivity contribution in [3.8, 4) is 0 Å². The van der Waals surface area contributed by atoms with E-state index in [0.29, 0.717) is 19.3 Å². The third-order valence-corrected chi connectivity index (χ3v) is 13.0. The van der Waals surface area contributed by atoms with Gasteiger partial charge in [-0.25, -0.2) is 0 Å². The van der Waals surface area contributed by atoms with Gasteiger partial charge in [-0.2, -0.15) is 0 Å². The van der Waals surface area contributed by atoms with Crippen LogP contribution < -0.4 is 0 Å². The van der Waals surface area contributed by atoms with Crippen molar-refractivity contribution in [2.45, 2.75) is 309 Å². The number of carbonyl (C=O) groups excluding carboxylic acids is 3. The van der Waals surface area contributed by atoms with Crippen molar-refractivity contribution in [2.75, 3.05) is 13.2 Å². The lowest BCUT2D eigenvalue weighted by Crippen LogP contribution is -2.30. The minimum absolute atomic E-state index is 0.0762. The van der Waals surface area contributed by atoms with E-state index in [9.17, 15) is 14.4 Å². The van der Waals surface area contributed by atoms with Crippen molar-refractivity contribution >= 4 is 17.9 Å². The Kier molecular flexibility index (Phi) is 55.3. The van der Waals surface area contributed by atoms with Crippen LogP contribution in [0.3, 0.4) is 0 Å². The fraction of sp³-hybridized carbons (Fsp3) is 0.794. The molecule has 1 unspecified atom stereocenters. The van der Waals surface area contributed by atoms with Gasteiger partial charge < -0.3 is 14.2 Å². The van der Waals surface area contributed by atoms with Gasteiger partial charge >= 0.3 is 17.9 Å². The van der Waals surface area contributed by atoms with Crippen molar-refractivity contribution in [1.82, 2.24) is 0 Å². The van der Waals surface area contributed by atoms with E-state index >= 15 is 0 Å². The van der Waals surface area contributed by atoms with Crippen LogP contribution in [-0.2, 0) is 28.6 Å². The zero-order chi connectivity index (χ0) is 50.0. The zero-order valence-electron chi connectivity index (χ0n) is 45.8. The van der Waals surface area contributed by atoms with Gasteiger partial charge in [-0.1, -0.05) is 261 Å². The summed E-state index contributed by atoms with van der Waals surface area (Å²) >= 11 is 0. The van der Waals surface area contributed by atoms with Crippen LogP contribution in [-0.4, -0.2) is 37.2 Å². The number of allylic oxidation sites excluding steroid dienone is 10. The minimum Gasteiger partial charge on any atom is -0.462 e. The van der Waals surface area contributed by atoms with Crippen molar-refractivity contribution in [2.24, 2.45) is 0 Å². The predicted molar refractivity (Wildman–Crippen MR) is 298 cm³/mol. The molecular formula is C63H112O6. The summed E-state index contributed by atoms with van der Waals surface area (Å²) in [6, 6.07) is 0. The van der Waals surface area contributed by atoms with Gasteiger partial charge in [0.1, 0.15) is 13.2 Å². The number of ether oxygens (including phenoxy) is 3. The van der Waals surface area contributed by atoms with Crippen LogP contribution in [0.4, 0.5) is 0 Å². The Morgan fingerprint density at radius 1 is 0.304 bits per heavy atom. The summed E-state index contributed by atoms with van der Waals surface area (Å²) in [7, 11) is 0. The first kappa shape index (κ1) is 66.1. The molecule has 0 saturated heterocycles. The second-order valence-corrected chi connectivity index (χ2v) is 19.9. The number of esters is 3. The first-order valence-corrected chi connectivity index (χ1v) is 29.8. The average molecular weight is 966 g/mol. The minimum atomic E-state index is -0.778. The predicted octanol–water partition coefficient (Wildman–Crippen LogP) is 20.0. The highest BCUT2D eigenvalue weighted by molar-refractivity contribution is 5.71. The van der Waals surface area contributed by atoms with Crippen LogP contribution in [0.15, 0.2) is 60.8 Å². The largest absolute Gasteiger partial charge is 0.462 e. The lowest BCUT2D eigenvalue weighted by molar-refractivity contribution is -0.167. The van der Waals surface area contributed by atoms with Gasteiger partial charge in [-0.05, 0) is 83.5 Å². The van der Waals surface area contributed by atoms with Gasteiger partial charge in [0.2, 0.25) is 0 Å². The van der Waals surface area contributed by atoms with Gasteiger partial charge in [0.15, 0.2) is 6.10 Å². The Labute approximate surface area is 428 Å². The Hall–Kier alpha value is -2.89. The fourth-order valence-electron chi connectivity index (χ4n) is 8.55. The van der Waals surface area contributed by atoms with Crippen LogP contribution in [0.25, 0.3) is 0 Å². The van der Waals surface area contributed by atoms with Crippen molar-refractivity contribution in [3.05, 3.63) is 60.8 Å². The molecule has 0 fully saturated rings. The SMILES string of the molecule is CC/C=C\C/C=C\C/C=C\CCCCCCCCCC(=O)OC(COC(=O)CCCCCCCCCCCCC)COC(=O)CCCCCCCCCCCCC/C=C\C/C=C\CCCCCCC. The third-order valence-electron chi connectivity index (χ3n) is 13.0. The average Bonchev–Trinajstić information content (AvgIpc) is 3.35. The quantitative estimate of drug-likeness (QED) is 0.0262. The number of unbranched alkanes of at least 4 members (excludes halogenated alkanes) is 33. The lowest BCUT2D eigenvalue weighted by atomic mass is 10.0. The molecule has 0 aliphatic heterocycles. The summed E-state index contributed by atoms with van der Waals surface area (Å²) in [5.74, 6) is -0.876. The second-order valence-electron chi connectivity index (χ2n) is 19.9. The van der Waals surface area contributed by atoms with Crippen LogP contribution >= 0.6 is 0 Å². The van der Waals surface area contributed by atoms with E-state index in [-0.39, 0.29) is 31.1 Å². The summed E-state index contributed by atoms with van der Waals surface area (Å²) in [5.41, 5.74) is 0. The molecule has 69 heavy (non-hydrogen) atoms. The third kappa shape index (κ3) is 55.9. The smallest absolute Gasteiger partial charge is 0.306 e. The first-order valence-electron chi connectivity index (χ1n) is 29.8. The molecule has 0 aromatic carbocycles. The Bertz CT molecular complexity index is 1250. The number of hydrogen-bond acceptors (Lipinski definition) is 6. The highest BCUT2D eigenvalue weighted by Gasteiger charge is 2.19. The van der Waals surface area contributed by atoms with E-state index in [1.807, 2.05) is 0 Å². The monoisotopic (exact) mass is 965 g/mol. The molecule has 0 aliphatic rings. The Balaban J connectivity index is 4.28. The normalized spacial score (nSPS) is 12.4. The molecule has 0 bridgehead atoms. The molecule has 1 atom stereocenters. The topological polar surface area (TPSA) is 78.9 Å². The molecule has 0 rings (SSSR count).